The monoisotopic (exact) mass is 405 g/mol. The zero-order valence-electron chi connectivity index (χ0n) is 17.3. The predicted octanol–water partition coefficient (Wildman–Crippen LogP) is 3.19. The quantitative estimate of drug-likeness (QED) is 0.617. The fourth-order valence-corrected chi connectivity index (χ4v) is 3.69. The van der Waals surface area contributed by atoms with Crippen LogP contribution in [0.5, 0.6) is 5.75 Å². The number of nitrogens with zero attached hydrogens (tertiary/aromatic N) is 2. The van der Waals surface area contributed by atoms with Gasteiger partial charge in [0, 0.05) is 48.8 Å². The van der Waals surface area contributed by atoms with Crippen LogP contribution in [0.3, 0.4) is 0 Å². The molecule has 0 amide bonds. The van der Waals surface area contributed by atoms with Crippen molar-refractivity contribution < 1.29 is 14.6 Å². The van der Waals surface area contributed by atoms with E-state index >= 15 is 0 Å². The first kappa shape index (κ1) is 20.4. The highest BCUT2D eigenvalue weighted by Crippen LogP contribution is 2.32. The average Bonchev–Trinajstić information content (AvgIpc) is 3.13. The van der Waals surface area contributed by atoms with Gasteiger partial charge in [0.15, 0.2) is 0 Å². The van der Waals surface area contributed by atoms with E-state index in [-0.39, 0.29) is 6.61 Å². The van der Waals surface area contributed by atoms with Gasteiger partial charge in [-0.2, -0.15) is 0 Å². The first-order valence-electron chi connectivity index (χ1n) is 10.4. The third kappa shape index (κ3) is 4.65. The number of morpholine rings is 1. The molecule has 0 aliphatic carbocycles. The van der Waals surface area contributed by atoms with Crippen molar-refractivity contribution in [3.05, 3.63) is 47.7 Å². The normalized spacial score (nSPS) is 14.5. The topological polar surface area (TPSA) is 70.6 Å². The number of H-pyrrole nitrogens is 1. The van der Waals surface area contributed by atoms with Gasteiger partial charge in [0.2, 0.25) is 0 Å². The van der Waals surface area contributed by atoms with Gasteiger partial charge in [-0.05, 0) is 42.8 Å². The summed E-state index contributed by atoms with van der Waals surface area (Å²) >= 11 is 0. The number of hydrogen-bond acceptors (Lipinski definition) is 5. The highest BCUT2D eigenvalue weighted by atomic mass is 16.5. The van der Waals surface area contributed by atoms with Gasteiger partial charge in [0.1, 0.15) is 11.4 Å². The molecule has 3 heterocycles. The van der Waals surface area contributed by atoms with Crippen molar-refractivity contribution in [1.29, 1.82) is 0 Å². The second kappa shape index (κ2) is 9.77. The first-order chi connectivity index (χ1) is 14.8. The molecule has 6 nitrogen and oxygen atoms in total. The minimum absolute atomic E-state index is 0.0665. The molecule has 3 aromatic rings. The molecule has 0 radical (unpaired) electrons. The Morgan fingerprint density at radius 1 is 1.23 bits per heavy atom. The minimum Gasteiger partial charge on any atom is -0.494 e. The molecule has 2 N–H and O–H groups in total. The van der Waals surface area contributed by atoms with Crippen molar-refractivity contribution in [2.24, 2.45) is 0 Å². The van der Waals surface area contributed by atoms with Crippen LogP contribution < -0.4 is 4.74 Å². The van der Waals surface area contributed by atoms with E-state index in [1.807, 2.05) is 19.1 Å². The smallest absolute Gasteiger partial charge is 0.138 e. The summed E-state index contributed by atoms with van der Waals surface area (Å²) in [5, 5.41) is 10.1. The predicted molar refractivity (Wildman–Crippen MR) is 117 cm³/mol. The first-order valence-corrected chi connectivity index (χ1v) is 10.4. The number of pyridine rings is 1. The van der Waals surface area contributed by atoms with E-state index in [9.17, 15) is 0 Å². The number of hydrogen-bond donors (Lipinski definition) is 2. The minimum atomic E-state index is 0.0665. The van der Waals surface area contributed by atoms with Crippen molar-refractivity contribution in [1.82, 2.24) is 14.9 Å². The third-order valence-electron chi connectivity index (χ3n) is 5.17. The van der Waals surface area contributed by atoms with Crippen molar-refractivity contribution in [2.75, 3.05) is 39.5 Å². The molecule has 0 spiro atoms. The Labute approximate surface area is 176 Å². The number of aliphatic hydroxyl groups is 1. The summed E-state index contributed by atoms with van der Waals surface area (Å²) in [6.45, 7) is 6.88. The molecule has 1 aromatic carbocycles. The second-order valence-corrected chi connectivity index (χ2v) is 7.22. The van der Waals surface area contributed by atoms with Crippen molar-refractivity contribution in [2.45, 2.75) is 19.9 Å². The molecule has 1 aliphatic heterocycles. The lowest BCUT2D eigenvalue weighted by atomic mass is 10.0. The molecule has 30 heavy (non-hydrogen) atoms. The highest BCUT2D eigenvalue weighted by Gasteiger charge is 2.19. The summed E-state index contributed by atoms with van der Waals surface area (Å²) in [6.07, 6.45) is 2.24. The zero-order valence-corrected chi connectivity index (χ0v) is 17.3. The fourth-order valence-electron chi connectivity index (χ4n) is 3.69. The van der Waals surface area contributed by atoms with Crippen LogP contribution in [0.2, 0.25) is 0 Å². The summed E-state index contributed by atoms with van der Waals surface area (Å²) in [5.74, 6) is 6.95. The Hall–Kier alpha value is -2.85. The Morgan fingerprint density at radius 3 is 2.77 bits per heavy atom. The zero-order chi connectivity index (χ0) is 20.8. The Bertz CT molecular complexity index is 1040. The Morgan fingerprint density at radius 2 is 2.03 bits per heavy atom. The second-order valence-electron chi connectivity index (χ2n) is 7.22. The summed E-state index contributed by atoms with van der Waals surface area (Å²) < 4.78 is 11.1. The lowest BCUT2D eigenvalue weighted by molar-refractivity contribution is 0.0344. The summed E-state index contributed by atoms with van der Waals surface area (Å²) in [6, 6.07) is 10.3. The highest BCUT2D eigenvalue weighted by molar-refractivity contribution is 5.89. The molecule has 2 aromatic heterocycles. The molecule has 1 saturated heterocycles. The van der Waals surface area contributed by atoms with Gasteiger partial charge in [-0.1, -0.05) is 11.8 Å². The molecule has 0 bridgehead atoms. The summed E-state index contributed by atoms with van der Waals surface area (Å²) in [4.78, 5) is 10.5. The van der Waals surface area contributed by atoms with Gasteiger partial charge in [-0.25, -0.2) is 4.98 Å². The molecule has 4 rings (SSSR count). The molecule has 6 heteroatoms. The average molecular weight is 405 g/mol. The van der Waals surface area contributed by atoms with Crippen LogP contribution >= 0.6 is 0 Å². The number of benzene rings is 1. The maximum absolute atomic E-state index is 8.98. The lowest BCUT2D eigenvalue weighted by Crippen LogP contribution is -2.35. The van der Waals surface area contributed by atoms with E-state index in [1.54, 1.807) is 6.20 Å². The number of fused-ring (bicyclic) bond motifs is 1. The fraction of sp³-hybridized carbons (Fsp3) is 0.375. The maximum atomic E-state index is 8.98. The third-order valence-corrected chi connectivity index (χ3v) is 5.17. The lowest BCUT2D eigenvalue weighted by Gasteiger charge is -2.26. The number of aromatic amines is 1. The van der Waals surface area contributed by atoms with Gasteiger partial charge >= 0.3 is 0 Å². The molecule has 156 valence electrons. The van der Waals surface area contributed by atoms with Crippen LogP contribution in [0.15, 0.2) is 36.5 Å². The molecule has 1 fully saturated rings. The summed E-state index contributed by atoms with van der Waals surface area (Å²) in [5.41, 5.74) is 5.11. The van der Waals surface area contributed by atoms with Crippen LogP contribution in [0.25, 0.3) is 22.3 Å². The SMILES string of the molecule is CCOc1ccc(-c2[nH]c3ncc(C#CCCO)cc3c2CN2CCOCC2)cc1. The largest absolute Gasteiger partial charge is 0.494 e. The molecule has 0 saturated carbocycles. The van der Waals surface area contributed by atoms with Gasteiger partial charge in [-0.3, -0.25) is 4.90 Å². The van der Waals surface area contributed by atoms with Crippen LogP contribution in [0.4, 0.5) is 0 Å². The van der Waals surface area contributed by atoms with E-state index in [0.29, 0.717) is 13.0 Å². The van der Waals surface area contributed by atoms with E-state index in [1.165, 1.54) is 5.56 Å². The van der Waals surface area contributed by atoms with Gasteiger partial charge < -0.3 is 19.6 Å². The summed E-state index contributed by atoms with van der Waals surface area (Å²) in [7, 11) is 0. The number of ether oxygens (including phenoxy) is 2. The molecular weight excluding hydrogens is 378 g/mol. The van der Waals surface area contributed by atoms with E-state index in [2.05, 4.69) is 44.9 Å². The number of aromatic nitrogens is 2. The van der Waals surface area contributed by atoms with Crippen LogP contribution in [0.1, 0.15) is 24.5 Å². The molecule has 0 unspecified atom stereocenters. The van der Waals surface area contributed by atoms with Crippen molar-refractivity contribution in [3.8, 4) is 28.8 Å². The number of nitrogens with one attached hydrogen (secondary N) is 1. The molecule has 0 atom stereocenters. The van der Waals surface area contributed by atoms with E-state index in [0.717, 1.165) is 66.5 Å². The van der Waals surface area contributed by atoms with Gasteiger partial charge in [-0.15, -0.1) is 0 Å². The van der Waals surface area contributed by atoms with Crippen LogP contribution in [-0.2, 0) is 11.3 Å². The van der Waals surface area contributed by atoms with Gasteiger partial charge in [0.25, 0.3) is 0 Å². The standard InChI is InChI=1S/C24H27N3O3/c1-2-30-20-8-6-19(7-9-20)23-22(17-27-10-13-29-14-11-27)21-15-18(5-3-4-12-28)16-25-24(21)26-23/h6-9,15-16,28H,2,4,10-14,17H2,1H3,(H,25,26). The number of aliphatic hydroxyl groups excluding tert-OH is 1. The van der Waals surface area contributed by atoms with Crippen molar-refractivity contribution in [3.63, 3.8) is 0 Å². The van der Waals surface area contributed by atoms with E-state index in [4.69, 9.17) is 14.6 Å². The van der Waals surface area contributed by atoms with Crippen LogP contribution in [-0.4, -0.2) is 59.5 Å². The molecular formula is C24H27N3O3. The Kier molecular flexibility index (Phi) is 6.65. The number of rotatable bonds is 6. The van der Waals surface area contributed by atoms with Crippen LogP contribution in [0, 0.1) is 11.8 Å². The van der Waals surface area contributed by atoms with E-state index < -0.39 is 0 Å². The molecule has 1 aliphatic rings. The maximum Gasteiger partial charge on any atom is 0.138 e. The van der Waals surface area contributed by atoms with Crippen molar-refractivity contribution >= 4 is 11.0 Å². The van der Waals surface area contributed by atoms with Gasteiger partial charge in [0.05, 0.1) is 32.1 Å². The Balaban J connectivity index is 1.75.